The quantitative estimate of drug-likeness (QED) is 0.550. The Morgan fingerprint density at radius 1 is 1.03 bits per heavy atom. The average molecular weight is 471 g/mol. The molecule has 0 saturated carbocycles. The number of benzene rings is 1. The predicted octanol–water partition coefficient (Wildman–Crippen LogP) is 3.65. The van der Waals surface area contributed by atoms with Crippen LogP contribution in [-0.4, -0.2) is 59.0 Å². The first-order valence-electron chi connectivity index (χ1n) is 12.2. The molecule has 0 radical (unpaired) electrons. The highest BCUT2D eigenvalue weighted by Crippen LogP contribution is 2.26. The molecule has 1 atom stereocenters. The highest BCUT2D eigenvalue weighted by molar-refractivity contribution is 5.95. The fraction of sp³-hybridized carbons (Fsp3) is 0.357. The zero-order valence-electron chi connectivity index (χ0n) is 20.0. The molecule has 2 aliphatic heterocycles. The van der Waals surface area contributed by atoms with Gasteiger partial charge in [-0.25, -0.2) is 0 Å². The molecule has 1 aromatic carbocycles. The molecule has 35 heavy (non-hydrogen) atoms. The normalized spacial score (nSPS) is 18.2. The van der Waals surface area contributed by atoms with Gasteiger partial charge in [-0.1, -0.05) is 24.3 Å². The van der Waals surface area contributed by atoms with Crippen LogP contribution in [0.3, 0.4) is 0 Å². The molecule has 0 aliphatic carbocycles. The number of carbonyl (C=O) groups is 2. The van der Waals surface area contributed by atoms with Crippen LogP contribution >= 0.6 is 0 Å². The maximum atomic E-state index is 12.7. The van der Waals surface area contributed by atoms with Gasteiger partial charge in [0.1, 0.15) is 0 Å². The number of aromatic nitrogens is 2. The molecular formula is C28H30N4O3. The highest BCUT2D eigenvalue weighted by atomic mass is 16.5. The van der Waals surface area contributed by atoms with Crippen molar-refractivity contribution in [2.24, 2.45) is 0 Å². The Morgan fingerprint density at radius 3 is 2.54 bits per heavy atom. The van der Waals surface area contributed by atoms with Crippen LogP contribution in [0, 0.1) is 0 Å². The van der Waals surface area contributed by atoms with Gasteiger partial charge in [0.2, 0.25) is 11.8 Å². The van der Waals surface area contributed by atoms with E-state index in [9.17, 15) is 9.59 Å². The largest absolute Gasteiger partial charge is 0.375 e. The first kappa shape index (κ1) is 23.2. The van der Waals surface area contributed by atoms with Crippen LogP contribution in [-0.2, 0) is 27.2 Å². The van der Waals surface area contributed by atoms with Crippen molar-refractivity contribution < 1.29 is 14.3 Å². The van der Waals surface area contributed by atoms with E-state index >= 15 is 0 Å². The molecule has 2 fully saturated rings. The first-order valence-corrected chi connectivity index (χ1v) is 12.2. The van der Waals surface area contributed by atoms with Gasteiger partial charge in [0, 0.05) is 68.0 Å². The number of carbonyl (C=O) groups excluding carboxylic acids is 2. The van der Waals surface area contributed by atoms with Gasteiger partial charge in [-0.05, 0) is 48.2 Å². The SMILES string of the molecule is CC1CN(C(=O)Cc2cncc(Cc3ccc(-c4ccc(N5CCCC5=O)cc4)cn3)c2)CCO1. The van der Waals surface area contributed by atoms with Crippen molar-refractivity contribution in [2.45, 2.75) is 38.7 Å². The molecule has 0 spiro atoms. The van der Waals surface area contributed by atoms with E-state index in [1.54, 1.807) is 6.20 Å². The van der Waals surface area contributed by atoms with Gasteiger partial charge < -0.3 is 14.5 Å². The van der Waals surface area contributed by atoms with Crippen LogP contribution in [0.4, 0.5) is 5.69 Å². The van der Waals surface area contributed by atoms with Gasteiger partial charge in [-0.2, -0.15) is 0 Å². The van der Waals surface area contributed by atoms with E-state index in [2.05, 4.69) is 16.0 Å². The van der Waals surface area contributed by atoms with Gasteiger partial charge in [0.25, 0.3) is 0 Å². The standard InChI is InChI=1S/C28H30N4O3/c1-20-19-31(11-12-35-20)28(34)15-22-13-21(16-29-17-22)14-25-7-4-24(18-30-25)23-5-8-26(9-6-23)32-10-2-3-27(32)33/h4-9,13,16-18,20H,2-3,10-12,14-15,19H2,1H3. The fourth-order valence-electron chi connectivity index (χ4n) is 4.73. The maximum absolute atomic E-state index is 12.7. The summed E-state index contributed by atoms with van der Waals surface area (Å²) in [5.74, 6) is 0.309. The average Bonchev–Trinajstić information content (AvgIpc) is 3.31. The second kappa shape index (κ2) is 10.4. The topological polar surface area (TPSA) is 75.6 Å². The Morgan fingerprint density at radius 2 is 1.83 bits per heavy atom. The lowest BCUT2D eigenvalue weighted by molar-refractivity contribution is -0.137. The van der Waals surface area contributed by atoms with Gasteiger partial charge >= 0.3 is 0 Å². The van der Waals surface area contributed by atoms with Crippen molar-refractivity contribution in [3.8, 4) is 11.1 Å². The Labute approximate surface area is 205 Å². The zero-order chi connectivity index (χ0) is 24.2. The lowest BCUT2D eigenvalue weighted by Gasteiger charge is -2.31. The number of morpholine rings is 1. The number of ether oxygens (including phenoxy) is 1. The van der Waals surface area contributed by atoms with Crippen molar-refractivity contribution in [3.05, 3.63) is 77.9 Å². The van der Waals surface area contributed by atoms with Crippen LogP contribution in [0.5, 0.6) is 0 Å². The Balaban J connectivity index is 1.21. The summed E-state index contributed by atoms with van der Waals surface area (Å²) in [6.07, 6.45) is 8.12. The maximum Gasteiger partial charge on any atom is 0.227 e. The fourth-order valence-corrected chi connectivity index (χ4v) is 4.73. The summed E-state index contributed by atoms with van der Waals surface area (Å²) in [5.41, 5.74) is 5.95. The van der Waals surface area contributed by atoms with E-state index < -0.39 is 0 Å². The van der Waals surface area contributed by atoms with Crippen molar-refractivity contribution >= 4 is 17.5 Å². The number of hydrogen-bond donors (Lipinski definition) is 0. The summed E-state index contributed by atoms with van der Waals surface area (Å²) in [6.45, 7) is 4.67. The number of hydrogen-bond acceptors (Lipinski definition) is 5. The van der Waals surface area contributed by atoms with Crippen molar-refractivity contribution in [3.63, 3.8) is 0 Å². The molecule has 180 valence electrons. The number of pyridine rings is 2. The third kappa shape index (κ3) is 5.57. The monoisotopic (exact) mass is 470 g/mol. The van der Waals surface area contributed by atoms with Crippen molar-refractivity contribution in [1.82, 2.24) is 14.9 Å². The molecular weight excluding hydrogens is 440 g/mol. The third-order valence-electron chi connectivity index (χ3n) is 6.60. The molecule has 0 N–H and O–H groups in total. The van der Waals surface area contributed by atoms with Gasteiger partial charge in [0.05, 0.1) is 19.1 Å². The molecule has 5 rings (SSSR count). The summed E-state index contributed by atoms with van der Waals surface area (Å²) in [6, 6.07) is 14.2. The smallest absolute Gasteiger partial charge is 0.227 e. The molecule has 4 heterocycles. The van der Waals surface area contributed by atoms with Crippen LogP contribution in [0.1, 0.15) is 36.6 Å². The molecule has 2 amide bonds. The second-order valence-electron chi connectivity index (χ2n) is 9.31. The molecule has 1 unspecified atom stereocenters. The molecule has 7 heteroatoms. The summed E-state index contributed by atoms with van der Waals surface area (Å²) < 4.78 is 5.53. The van der Waals surface area contributed by atoms with E-state index in [4.69, 9.17) is 4.74 Å². The Hall–Kier alpha value is -3.58. The van der Waals surface area contributed by atoms with E-state index in [0.29, 0.717) is 39.0 Å². The molecule has 2 saturated heterocycles. The zero-order valence-corrected chi connectivity index (χ0v) is 20.0. The van der Waals surface area contributed by atoms with E-state index in [-0.39, 0.29) is 17.9 Å². The molecule has 7 nitrogen and oxygen atoms in total. The minimum Gasteiger partial charge on any atom is -0.375 e. The van der Waals surface area contributed by atoms with Gasteiger partial charge in [0.15, 0.2) is 0 Å². The summed E-state index contributed by atoms with van der Waals surface area (Å²) in [4.78, 5) is 37.4. The molecule has 0 bridgehead atoms. The molecule has 2 aromatic heterocycles. The number of rotatable bonds is 6. The highest BCUT2D eigenvalue weighted by Gasteiger charge is 2.22. The lowest BCUT2D eigenvalue weighted by Crippen LogP contribution is -2.45. The van der Waals surface area contributed by atoms with Crippen LogP contribution in [0.2, 0.25) is 0 Å². The summed E-state index contributed by atoms with van der Waals surface area (Å²) in [7, 11) is 0. The van der Waals surface area contributed by atoms with Crippen LogP contribution in [0.25, 0.3) is 11.1 Å². The minimum atomic E-state index is 0.0819. The molecule has 3 aromatic rings. The van der Waals surface area contributed by atoms with Crippen LogP contribution in [0.15, 0.2) is 61.1 Å². The lowest BCUT2D eigenvalue weighted by atomic mass is 10.0. The van der Waals surface area contributed by atoms with Crippen molar-refractivity contribution in [1.29, 1.82) is 0 Å². The second-order valence-corrected chi connectivity index (χ2v) is 9.31. The first-order chi connectivity index (χ1) is 17.0. The van der Waals surface area contributed by atoms with E-state index in [1.807, 2.05) is 65.5 Å². The summed E-state index contributed by atoms with van der Waals surface area (Å²) in [5, 5.41) is 0. The van der Waals surface area contributed by atoms with Crippen LogP contribution < -0.4 is 4.90 Å². The van der Waals surface area contributed by atoms with Crippen molar-refractivity contribution in [2.75, 3.05) is 31.1 Å². The third-order valence-corrected chi connectivity index (χ3v) is 6.60. The summed E-state index contributed by atoms with van der Waals surface area (Å²) >= 11 is 0. The number of nitrogens with zero attached hydrogens (tertiary/aromatic N) is 4. The number of amides is 2. The Bertz CT molecular complexity index is 1190. The van der Waals surface area contributed by atoms with Gasteiger partial charge in [-0.15, -0.1) is 0 Å². The predicted molar refractivity (Wildman–Crippen MR) is 134 cm³/mol. The van der Waals surface area contributed by atoms with E-state index in [0.717, 1.165) is 46.6 Å². The minimum absolute atomic E-state index is 0.0819. The number of anilines is 1. The molecule has 2 aliphatic rings. The van der Waals surface area contributed by atoms with Gasteiger partial charge in [-0.3, -0.25) is 19.6 Å². The van der Waals surface area contributed by atoms with E-state index in [1.165, 1.54) is 0 Å². The Kier molecular flexibility index (Phi) is 6.86.